The van der Waals surface area contributed by atoms with Crippen LogP contribution in [0.2, 0.25) is 0 Å². The molecule has 4 saturated heterocycles. The second-order valence-corrected chi connectivity index (χ2v) is 41.2. The van der Waals surface area contributed by atoms with Gasteiger partial charge in [0.1, 0.15) is 73.2 Å². The number of allylic oxidation sites excluding steroid dienone is 4. The standard InChI is InChI=1S/2C42H62O16.3Zn/c2*1-37(2)21-8-11-42(7)31(20(43)16-18-19-17-39(4,36(53)54)13-12-38(19,3)14-15-41(18,42)6)40(21,5)10-9-22(37)55-35-30(26(47)25(46)29(57-35)33(51)52)58-34-27(48)23(44)24(45)28(56-34)32(49)50;;;/h2*16,19,21-31,34-35,44-48H,8-15,17H2,1-7H3,(H,49,50)(H,51,52)(H,53,54);;;/t2*19-,21-,22-,23-,24-,25-,26-,27+,28-,29-,30+,31+,34-,35-,38+,39-,40-,41+,42+;;;/m00.../s1. The minimum Gasteiger partial charge on any atom is -0.481 e. The van der Waals surface area contributed by atoms with Crippen LogP contribution in [-0.2, 0) is 135 Å². The number of ether oxygens (including phenoxy) is 8. The van der Waals surface area contributed by atoms with Crippen molar-refractivity contribution in [3.05, 3.63) is 23.3 Å². The third kappa shape index (κ3) is 15.3. The number of aliphatic hydroxyl groups is 10. The van der Waals surface area contributed by atoms with Gasteiger partial charge < -0.3 is 120 Å². The van der Waals surface area contributed by atoms with E-state index < -0.39 is 214 Å². The first kappa shape index (κ1) is 98.0. The number of fused-ring (bicyclic) bond motifs is 14. The van der Waals surface area contributed by atoms with E-state index in [-0.39, 0.29) is 127 Å². The van der Waals surface area contributed by atoms with Crippen molar-refractivity contribution in [2.24, 2.45) is 100 Å². The Hall–Kier alpha value is -3.21. The molecule has 0 aromatic rings. The van der Waals surface area contributed by atoms with Crippen molar-refractivity contribution in [3.63, 3.8) is 0 Å². The van der Waals surface area contributed by atoms with Gasteiger partial charge in [-0.05, 0) is 219 Å². The number of hydrogen-bond acceptors (Lipinski definition) is 26. The fourth-order valence-electron chi connectivity index (χ4n) is 26.7. The fourth-order valence-corrected chi connectivity index (χ4v) is 26.7. The summed E-state index contributed by atoms with van der Waals surface area (Å²) in [5, 5.41) is 166. The third-order valence-corrected chi connectivity index (χ3v) is 34.4. The van der Waals surface area contributed by atoms with Crippen molar-refractivity contribution < 1.29 is 216 Å². The van der Waals surface area contributed by atoms with E-state index >= 15 is 0 Å². The first-order valence-electron chi connectivity index (χ1n) is 41.5. The quantitative estimate of drug-likeness (QED) is 0.0841. The summed E-state index contributed by atoms with van der Waals surface area (Å²) < 4.78 is 46.8. The van der Waals surface area contributed by atoms with Crippen LogP contribution in [0.1, 0.15) is 213 Å². The third-order valence-electron chi connectivity index (χ3n) is 34.4. The summed E-state index contributed by atoms with van der Waals surface area (Å²) in [7, 11) is 0. The van der Waals surface area contributed by atoms with E-state index in [1.807, 2.05) is 53.7 Å². The zero-order valence-electron chi connectivity index (χ0n) is 70.9. The van der Waals surface area contributed by atoms with Crippen LogP contribution in [0, 0.1) is 100 Å². The molecule has 0 bridgehead atoms. The van der Waals surface area contributed by atoms with Gasteiger partial charge in [0.05, 0.1) is 23.0 Å². The molecule has 4 aliphatic heterocycles. The number of carboxylic acid groups (broad SMARTS) is 6. The molecule has 0 radical (unpaired) electrons. The number of aliphatic carboxylic acids is 6. The molecule has 0 aromatic carbocycles. The van der Waals surface area contributed by atoms with Crippen LogP contribution in [-0.4, -0.2) is 264 Å². The second kappa shape index (κ2) is 33.5. The van der Waals surface area contributed by atoms with E-state index in [0.29, 0.717) is 51.4 Å². The van der Waals surface area contributed by atoms with Crippen LogP contribution >= 0.6 is 0 Å². The normalized spacial score (nSPS) is 51.2. The van der Waals surface area contributed by atoms with E-state index in [2.05, 4.69) is 55.4 Å². The molecule has 38 atom stereocenters. The molecular formula is C84H124O32Zn3. The van der Waals surface area contributed by atoms with Crippen molar-refractivity contribution in [1.82, 2.24) is 0 Å². The predicted molar refractivity (Wildman–Crippen MR) is 399 cm³/mol. The van der Waals surface area contributed by atoms with Crippen LogP contribution in [0.15, 0.2) is 23.3 Å². The Balaban J connectivity index is 0.000000244. The zero-order valence-corrected chi connectivity index (χ0v) is 79.8. The summed E-state index contributed by atoms with van der Waals surface area (Å²) in [6.45, 7) is 29.7. The molecule has 0 amide bonds. The molecular weight excluding hydrogens is 1720 g/mol. The first-order valence-corrected chi connectivity index (χ1v) is 41.5. The van der Waals surface area contributed by atoms with Crippen molar-refractivity contribution >= 4 is 47.4 Å². The number of carboxylic acids is 6. The Labute approximate surface area is 730 Å². The molecule has 10 aliphatic carbocycles. The predicted octanol–water partition coefficient (Wildman–Crippen LogP) is 4.48. The van der Waals surface area contributed by atoms with Crippen molar-refractivity contribution in [3.8, 4) is 0 Å². The van der Waals surface area contributed by atoms with Gasteiger partial charge in [0.25, 0.3) is 0 Å². The van der Waals surface area contributed by atoms with Crippen LogP contribution < -0.4 is 0 Å². The molecule has 0 aromatic heterocycles. The minimum atomic E-state index is -2.05. The summed E-state index contributed by atoms with van der Waals surface area (Å²) in [4.78, 5) is 103. The van der Waals surface area contributed by atoms with E-state index in [0.717, 1.165) is 75.4 Å². The van der Waals surface area contributed by atoms with Gasteiger partial charge in [0.15, 0.2) is 61.1 Å². The van der Waals surface area contributed by atoms with Gasteiger partial charge in [0, 0.05) is 70.3 Å². The van der Waals surface area contributed by atoms with Gasteiger partial charge >= 0.3 is 35.8 Å². The summed E-state index contributed by atoms with van der Waals surface area (Å²) in [6, 6.07) is 0. The van der Waals surface area contributed by atoms with Crippen molar-refractivity contribution in [2.75, 3.05) is 0 Å². The molecule has 35 heteroatoms. The number of aliphatic hydroxyl groups excluding tert-OH is 10. The van der Waals surface area contributed by atoms with Crippen LogP contribution in [0.25, 0.3) is 0 Å². The summed E-state index contributed by atoms with van der Waals surface area (Å²) in [5.41, 5.74) is -3.62. The molecule has 14 rings (SSSR count). The molecule has 16 N–H and O–H groups in total. The smallest absolute Gasteiger partial charge is 0.335 e. The van der Waals surface area contributed by atoms with Gasteiger partial charge in [-0.25, -0.2) is 19.2 Å². The minimum absolute atomic E-state index is 0. The van der Waals surface area contributed by atoms with E-state index in [1.54, 1.807) is 0 Å². The SMILES string of the molecule is CC1(C)[C@@H](O[C@H]2O[C@H](C(=O)O)[C@@H](O)[C@H](O)[C@H]2O[C@@H]2O[C@H](C(=O)O)[C@@H](O)[C@H](O)[C@H]2O)CC[C@]2(C)[C@H]3C(=O)C=C4[C@@H]5C[C@@](C)(C(=O)O)CC[C@]5(C)CC[C@@]4(C)[C@]3(C)CC[C@@H]12.CC1(C)[C@@H](O[C@H]2O[C@H](C(=O)O)[C@@H](O)[C@H](O)[C@H]2O[C@@H]2O[C@H](C(=O)O)[C@@H](O)[C@H](O)[C@H]2O)CC[C@]2(C)[C@H]3C(=O)C=C4[C@@H]5C[C@@](C)(C(=O)O)CC[C@]5(C)CC[C@@]4(C)[C@]3(C)CC[C@@H]12.[Zn].[Zn].[Zn]. The summed E-state index contributed by atoms with van der Waals surface area (Å²) in [5.74, 6) is -8.94. The Bertz CT molecular complexity index is 3730. The van der Waals surface area contributed by atoms with E-state index in [4.69, 9.17) is 37.9 Å². The van der Waals surface area contributed by atoms with Crippen LogP contribution in [0.5, 0.6) is 0 Å². The summed E-state index contributed by atoms with van der Waals surface area (Å²) >= 11 is 0. The Kier molecular flexibility index (Phi) is 27.5. The monoisotopic (exact) mass is 1840 g/mol. The number of carbonyl (C=O) groups is 8. The average Bonchev–Trinajstić information content (AvgIpc) is 0.675. The number of rotatable bonds is 14. The van der Waals surface area contributed by atoms with Gasteiger partial charge in [-0.1, -0.05) is 94.2 Å². The Morgan fingerprint density at radius 3 is 0.924 bits per heavy atom. The maximum Gasteiger partial charge on any atom is 0.335 e. The van der Waals surface area contributed by atoms with Gasteiger partial charge in [0.2, 0.25) is 0 Å². The van der Waals surface area contributed by atoms with Gasteiger partial charge in [-0.3, -0.25) is 19.2 Å². The van der Waals surface area contributed by atoms with Crippen LogP contribution in [0.4, 0.5) is 0 Å². The second-order valence-electron chi connectivity index (χ2n) is 41.2. The molecule has 119 heavy (non-hydrogen) atoms. The van der Waals surface area contributed by atoms with Gasteiger partial charge in [-0.15, -0.1) is 0 Å². The first-order chi connectivity index (χ1) is 53.5. The maximum atomic E-state index is 14.8. The fraction of sp³-hybridized carbons (Fsp3) is 0.857. The summed E-state index contributed by atoms with van der Waals surface area (Å²) in [6.07, 6.45) is -24.5. The molecule has 0 spiro atoms. The maximum absolute atomic E-state index is 14.8. The van der Waals surface area contributed by atoms with Crippen molar-refractivity contribution in [2.45, 2.75) is 348 Å². The zero-order chi connectivity index (χ0) is 85.7. The number of hydrogen-bond donors (Lipinski definition) is 16. The average molecular weight is 1840 g/mol. The molecule has 4 heterocycles. The molecule has 0 unspecified atom stereocenters. The Morgan fingerprint density at radius 1 is 0.345 bits per heavy atom. The number of carbonyl (C=O) groups excluding carboxylic acids is 2. The van der Waals surface area contributed by atoms with Gasteiger partial charge in [-0.2, -0.15) is 0 Å². The van der Waals surface area contributed by atoms with Crippen molar-refractivity contribution in [1.29, 1.82) is 0 Å². The topological polar surface area (TPSA) is 534 Å². The molecule has 658 valence electrons. The van der Waals surface area contributed by atoms with E-state index in [1.165, 1.54) is 0 Å². The molecule has 12 fully saturated rings. The number of ketones is 2. The van der Waals surface area contributed by atoms with E-state index in [9.17, 15) is 120 Å². The molecule has 8 saturated carbocycles. The largest absolute Gasteiger partial charge is 0.481 e. The molecule has 32 nitrogen and oxygen atoms in total. The van der Waals surface area contributed by atoms with Crippen LogP contribution in [0.3, 0.4) is 0 Å². The molecule has 14 aliphatic rings. The Morgan fingerprint density at radius 2 is 0.630 bits per heavy atom.